The number of rotatable bonds is 5. The van der Waals surface area contributed by atoms with Crippen molar-refractivity contribution in [2.45, 2.75) is 26.2 Å². The molecular formula is C11H22NO. The molecule has 1 heterocycles. The van der Waals surface area contributed by atoms with Crippen molar-refractivity contribution >= 4 is 0 Å². The first-order chi connectivity index (χ1) is 6.36. The van der Waals surface area contributed by atoms with E-state index < -0.39 is 0 Å². The zero-order valence-corrected chi connectivity index (χ0v) is 8.80. The van der Waals surface area contributed by atoms with E-state index in [9.17, 15) is 0 Å². The molecule has 2 heteroatoms. The summed E-state index contributed by atoms with van der Waals surface area (Å²) in [5.41, 5.74) is 0. The van der Waals surface area contributed by atoms with Gasteiger partial charge in [0.05, 0.1) is 0 Å². The Kier molecular flexibility index (Phi) is 5.40. The van der Waals surface area contributed by atoms with E-state index in [0.717, 1.165) is 25.7 Å². The molecule has 0 amide bonds. The van der Waals surface area contributed by atoms with Gasteiger partial charge >= 0.3 is 0 Å². The summed E-state index contributed by atoms with van der Waals surface area (Å²) in [6.45, 7) is 11.2. The molecule has 1 atom stereocenters. The van der Waals surface area contributed by atoms with Crippen LogP contribution in [0.4, 0.5) is 0 Å². The van der Waals surface area contributed by atoms with E-state index in [1.807, 2.05) is 0 Å². The second kappa shape index (κ2) is 6.39. The maximum absolute atomic E-state index is 5.37. The van der Waals surface area contributed by atoms with Crippen molar-refractivity contribution in [1.82, 2.24) is 4.90 Å². The molecule has 13 heavy (non-hydrogen) atoms. The first-order valence-electron chi connectivity index (χ1n) is 5.46. The molecule has 77 valence electrons. The summed E-state index contributed by atoms with van der Waals surface area (Å²) < 4.78 is 5.37. The van der Waals surface area contributed by atoms with E-state index in [2.05, 4.69) is 18.7 Å². The third-order valence-electron chi connectivity index (χ3n) is 2.79. The normalized spacial score (nSPS) is 24.9. The van der Waals surface area contributed by atoms with Crippen molar-refractivity contribution in [1.29, 1.82) is 0 Å². The number of hydrogen-bond acceptors (Lipinski definition) is 2. The highest BCUT2D eigenvalue weighted by molar-refractivity contribution is 4.73. The predicted molar refractivity (Wildman–Crippen MR) is 55.6 cm³/mol. The lowest BCUT2D eigenvalue weighted by Gasteiger charge is -2.31. The summed E-state index contributed by atoms with van der Waals surface area (Å²) in [7, 11) is 0. The van der Waals surface area contributed by atoms with Crippen LogP contribution < -0.4 is 0 Å². The predicted octanol–water partition coefficient (Wildman–Crippen LogP) is 1.96. The number of nitrogens with zero attached hydrogens (tertiary/aromatic N) is 1. The third-order valence-corrected chi connectivity index (χ3v) is 2.79. The van der Waals surface area contributed by atoms with Crippen LogP contribution in [0.25, 0.3) is 0 Å². The highest BCUT2D eigenvalue weighted by Crippen LogP contribution is 2.18. The van der Waals surface area contributed by atoms with Crippen LogP contribution in [-0.2, 0) is 4.74 Å². The van der Waals surface area contributed by atoms with Crippen molar-refractivity contribution in [3.8, 4) is 0 Å². The van der Waals surface area contributed by atoms with Gasteiger partial charge in [-0.25, -0.2) is 0 Å². The van der Waals surface area contributed by atoms with Crippen LogP contribution in [0.15, 0.2) is 0 Å². The van der Waals surface area contributed by atoms with Gasteiger partial charge in [0.15, 0.2) is 0 Å². The minimum Gasteiger partial charge on any atom is -0.382 e. The van der Waals surface area contributed by atoms with E-state index in [0.29, 0.717) is 0 Å². The Morgan fingerprint density at radius 3 is 3.08 bits per heavy atom. The fourth-order valence-electron chi connectivity index (χ4n) is 1.98. The number of hydrogen-bond donors (Lipinski definition) is 0. The third kappa shape index (κ3) is 4.10. The van der Waals surface area contributed by atoms with Crippen LogP contribution >= 0.6 is 0 Å². The van der Waals surface area contributed by atoms with E-state index in [-0.39, 0.29) is 0 Å². The summed E-state index contributed by atoms with van der Waals surface area (Å²) in [5, 5.41) is 0. The van der Waals surface area contributed by atoms with Gasteiger partial charge in [0.1, 0.15) is 0 Å². The fourth-order valence-corrected chi connectivity index (χ4v) is 1.98. The summed E-state index contributed by atoms with van der Waals surface area (Å²) in [4.78, 5) is 2.44. The number of likely N-dealkylation sites (tertiary alicyclic amines) is 1. The summed E-state index contributed by atoms with van der Waals surface area (Å²) in [6.07, 6.45) is 3.94. The smallest absolute Gasteiger partial charge is 0.0469 e. The van der Waals surface area contributed by atoms with Gasteiger partial charge in [-0.2, -0.15) is 0 Å². The van der Waals surface area contributed by atoms with E-state index in [4.69, 9.17) is 4.74 Å². The van der Waals surface area contributed by atoms with Crippen LogP contribution in [0.3, 0.4) is 0 Å². The molecule has 0 unspecified atom stereocenters. The lowest BCUT2D eigenvalue weighted by atomic mass is 9.95. The van der Waals surface area contributed by atoms with E-state index in [1.54, 1.807) is 0 Å². The topological polar surface area (TPSA) is 12.5 Å². The molecule has 0 N–H and O–H groups in total. The molecule has 1 radical (unpaired) electrons. The van der Waals surface area contributed by atoms with Crippen LogP contribution in [0, 0.1) is 12.8 Å². The number of ether oxygens (including phenoxy) is 1. The van der Waals surface area contributed by atoms with Crippen LogP contribution in [0.5, 0.6) is 0 Å². The largest absolute Gasteiger partial charge is 0.382 e. The SMILES string of the molecule is [CH2]CN1CCC[C@@H](CCOCC)C1. The van der Waals surface area contributed by atoms with Crippen molar-refractivity contribution in [3.63, 3.8) is 0 Å². The minimum atomic E-state index is 0.849. The Hall–Kier alpha value is -0.0800. The van der Waals surface area contributed by atoms with Gasteiger partial charge in [0.25, 0.3) is 0 Å². The first kappa shape index (κ1) is 11.0. The van der Waals surface area contributed by atoms with Gasteiger partial charge < -0.3 is 9.64 Å². The Labute approximate surface area is 82.3 Å². The lowest BCUT2D eigenvalue weighted by Crippen LogP contribution is -2.35. The van der Waals surface area contributed by atoms with Gasteiger partial charge in [-0.15, -0.1) is 0 Å². The minimum absolute atomic E-state index is 0.849. The van der Waals surface area contributed by atoms with Crippen molar-refractivity contribution in [2.75, 3.05) is 32.8 Å². The highest BCUT2D eigenvalue weighted by atomic mass is 16.5. The van der Waals surface area contributed by atoms with Crippen molar-refractivity contribution in [2.24, 2.45) is 5.92 Å². The molecule has 1 aliphatic rings. The van der Waals surface area contributed by atoms with E-state index in [1.165, 1.54) is 32.4 Å². The second-order valence-electron chi connectivity index (χ2n) is 3.79. The highest BCUT2D eigenvalue weighted by Gasteiger charge is 2.17. The molecule has 2 nitrogen and oxygen atoms in total. The summed E-state index contributed by atoms with van der Waals surface area (Å²) >= 11 is 0. The fraction of sp³-hybridized carbons (Fsp3) is 0.909. The van der Waals surface area contributed by atoms with Crippen LogP contribution in [0.1, 0.15) is 26.2 Å². The Bertz CT molecular complexity index is 127. The van der Waals surface area contributed by atoms with Crippen LogP contribution in [-0.4, -0.2) is 37.7 Å². The molecule has 1 aliphatic heterocycles. The van der Waals surface area contributed by atoms with E-state index >= 15 is 0 Å². The van der Waals surface area contributed by atoms with Crippen LogP contribution in [0.2, 0.25) is 0 Å². The average molecular weight is 184 g/mol. The monoisotopic (exact) mass is 184 g/mol. The quantitative estimate of drug-likeness (QED) is 0.606. The number of piperidine rings is 1. The molecule has 0 aromatic carbocycles. The molecule has 1 saturated heterocycles. The second-order valence-corrected chi connectivity index (χ2v) is 3.79. The molecule has 0 aromatic heterocycles. The molecule has 1 fully saturated rings. The molecule has 1 rings (SSSR count). The summed E-state index contributed by atoms with van der Waals surface area (Å²) in [6, 6.07) is 0. The molecule has 0 aliphatic carbocycles. The average Bonchev–Trinajstić information content (AvgIpc) is 2.19. The van der Waals surface area contributed by atoms with Gasteiger partial charge in [-0.3, -0.25) is 0 Å². The molecular weight excluding hydrogens is 162 g/mol. The zero-order valence-electron chi connectivity index (χ0n) is 8.80. The Morgan fingerprint density at radius 2 is 2.38 bits per heavy atom. The summed E-state index contributed by atoms with van der Waals surface area (Å²) in [5.74, 6) is 0.849. The maximum Gasteiger partial charge on any atom is 0.0469 e. The first-order valence-corrected chi connectivity index (χ1v) is 5.46. The molecule has 0 spiro atoms. The van der Waals surface area contributed by atoms with Gasteiger partial charge in [0, 0.05) is 19.8 Å². The van der Waals surface area contributed by atoms with Gasteiger partial charge in [-0.05, 0) is 52.1 Å². The van der Waals surface area contributed by atoms with Crippen molar-refractivity contribution < 1.29 is 4.74 Å². The molecule has 0 bridgehead atoms. The van der Waals surface area contributed by atoms with Gasteiger partial charge in [0.2, 0.25) is 0 Å². The lowest BCUT2D eigenvalue weighted by molar-refractivity contribution is 0.108. The molecule has 0 saturated carbocycles. The maximum atomic E-state index is 5.37. The standard InChI is InChI=1S/C11H22NO/c1-3-12-8-5-6-11(10-12)7-9-13-4-2/h11H,1,3-10H2,2H3/t11-/m0/s1. The zero-order chi connectivity index (χ0) is 9.52. The Balaban J connectivity index is 2.11. The van der Waals surface area contributed by atoms with Gasteiger partial charge in [-0.1, -0.05) is 0 Å². The molecule has 0 aromatic rings. The van der Waals surface area contributed by atoms with Crippen molar-refractivity contribution in [3.05, 3.63) is 6.92 Å². The Morgan fingerprint density at radius 1 is 1.54 bits per heavy atom.